The SMILES string of the molecule is C=C(O)CNC(=O)[C@H](Cc1ccc(OC(=O)c2ccc(OCCCCCCC)cc2)cc1)NC(=O)c1ccc(NC(=O)COCc2ccccc2)cc1. The second kappa shape index (κ2) is 21.4. The summed E-state index contributed by atoms with van der Waals surface area (Å²) in [4.78, 5) is 51.3. The van der Waals surface area contributed by atoms with Crippen LogP contribution in [0.25, 0.3) is 0 Å². The summed E-state index contributed by atoms with van der Waals surface area (Å²) in [6, 6.07) is 28.1. The number of carbonyl (C=O) groups excluding carboxylic acids is 4. The number of amides is 3. The summed E-state index contributed by atoms with van der Waals surface area (Å²) in [7, 11) is 0. The summed E-state index contributed by atoms with van der Waals surface area (Å²) in [6.07, 6.45) is 5.84. The van der Waals surface area contributed by atoms with Crippen LogP contribution in [0.3, 0.4) is 0 Å². The van der Waals surface area contributed by atoms with Crippen molar-refractivity contribution in [3.05, 3.63) is 138 Å². The maximum Gasteiger partial charge on any atom is 0.343 e. The molecular formula is C42H47N3O8. The number of aliphatic hydroxyl groups excluding tert-OH is 1. The van der Waals surface area contributed by atoms with Crippen LogP contribution < -0.4 is 25.4 Å². The zero-order valence-electron chi connectivity index (χ0n) is 30.0. The van der Waals surface area contributed by atoms with E-state index in [-0.39, 0.29) is 36.8 Å². The zero-order valence-corrected chi connectivity index (χ0v) is 30.0. The summed E-state index contributed by atoms with van der Waals surface area (Å²) >= 11 is 0. The Kier molecular flexibility index (Phi) is 16.1. The molecule has 0 heterocycles. The van der Waals surface area contributed by atoms with Gasteiger partial charge < -0.3 is 35.3 Å². The van der Waals surface area contributed by atoms with Gasteiger partial charge in [0.25, 0.3) is 5.91 Å². The summed E-state index contributed by atoms with van der Waals surface area (Å²) in [6.45, 7) is 6.18. The third kappa shape index (κ3) is 14.3. The molecule has 0 aliphatic heterocycles. The predicted molar refractivity (Wildman–Crippen MR) is 203 cm³/mol. The van der Waals surface area contributed by atoms with Gasteiger partial charge in [-0.2, -0.15) is 0 Å². The van der Waals surface area contributed by atoms with E-state index in [1.807, 2.05) is 30.3 Å². The third-order valence-electron chi connectivity index (χ3n) is 8.04. The minimum atomic E-state index is -1.02. The number of rotatable bonds is 21. The second-order valence-corrected chi connectivity index (χ2v) is 12.4. The highest BCUT2D eigenvalue weighted by Crippen LogP contribution is 2.19. The maximum atomic E-state index is 13.2. The number of hydrogen-bond acceptors (Lipinski definition) is 8. The first-order valence-electron chi connectivity index (χ1n) is 17.7. The van der Waals surface area contributed by atoms with Crippen molar-refractivity contribution in [1.29, 1.82) is 0 Å². The number of hydrogen-bond donors (Lipinski definition) is 4. The van der Waals surface area contributed by atoms with Gasteiger partial charge in [-0.05, 0) is 78.2 Å². The minimum Gasteiger partial charge on any atom is -0.511 e. The van der Waals surface area contributed by atoms with Crippen LogP contribution >= 0.6 is 0 Å². The van der Waals surface area contributed by atoms with E-state index in [1.165, 1.54) is 31.4 Å². The molecule has 0 spiro atoms. The molecule has 4 aromatic rings. The van der Waals surface area contributed by atoms with Crippen molar-refractivity contribution < 1.29 is 38.5 Å². The van der Waals surface area contributed by atoms with Gasteiger partial charge in [-0.3, -0.25) is 14.4 Å². The highest BCUT2D eigenvalue weighted by atomic mass is 16.5. The van der Waals surface area contributed by atoms with Crippen LogP contribution in [0.4, 0.5) is 5.69 Å². The lowest BCUT2D eigenvalue weighted by molar-refractivity contribution is -0.123. The molecule has 11 nitrogen and oxygen atoms in total. The topological polar surface area (TPSA) is 152 Å². The van der Waals surface area contributed by atoms with Gasteiger partial charge in [-0.1, -0.05) is 81.7 Å². The van der Waals surface area contributed by atoms with Gasteiger partial charge in [-0.15, -0.1) is 0 Å². The Morgan fingerprint density at radius 2 is 1.42 bits per heavy atom. The lowest BCUT2D eigenvalue weighted by Gasteiger charge is -2.19. The van der Waals surface area contributed by atoms with E-state index in [1.54, 1.807) is 60.7 Å². The van der Waals surface area contributed by atoms with Crippen molar-refractivity contribution in [2.75, 3.05) is 25.1 Å². The molecule has 4 aromatic carbocycles. The van der Waals surface area contributed by atoms with E-state index in [4.69, 9.17) is 14.2 Å². The molecule has 0 bridgehead atoms. The molecule has 0 saturated heterocycles. The number of unbranched alkanes of at least 4 members (excludes halogenated alkanes) is 4. The normalized spacial score (nSPS) is 11.2. The van der Waals surface area contributed by atoms with Crippen molar-refractivity contribution in [2.45, 2.75) is 58.1 Å². The molecule has 0 aromatic heterocycles. The second-order valence-electron chi connectivity index (χ2n) is 12.4. The number of nitrogens with one attached hydrogen (secondary N) is 3. The van der Waals surface area contributed by atoms with Crippen LogP contribution in [0.15, 0.2) is 115 Å². The molecular weight excluding hydrogens is 674 g/mol. The van der Waals surface area contributed by atoms with Crippen molar-refractivity contribution >= 4 is 29.4 Å². The molecule has 4 rings (SSSR count). The summed E-state index contributed by atoms with van der Waals surface area (Å²) in [5.74, 6) is -1.17. The van der Waals surface area contributed by atoms with Crippen molar-refractivity contribution in [2.24, 2.45) is 0 Å². The average Bonchev–Trinajstić information content (AvgIpc) is 3.16. The zero-order chi connectivity index (χ0) is 37.8. The first-order chi connectivity index (χ1) is 25.7. The summed E-state index contributed by atoms with van der Waals surface area (Å²) in [5, 5.41) is 17.5. The van der Waals surface area contributed by atoms with E-state index < -0.39 is 23.8 Å². The fourth-order valence-electron chi connectivity index (χ4n) is 5.18. The number of anilines is 1. The Morgan fingerprint density at radius 3 is 2.09 bits per heavy atom. The maximum absolute atomic E-state index is 13.2. The van der Waals surface area contributed by atoms with Gasteiger partial charge in [0.2, 0.25) is 11.8 Å². The van der Waals surface area contributed by atoms with Crippen molar-refractivity contribution in [1.82, 2.24) is 10.6 Å². The van der Waals surface area contributed by atoms with Crippen LogP contribution in [-0.4, -0.2) is 54.6 Å². The van der Waals surface area contributed by atoms with Gasteiger partial charge >= 0.3 is 5.97 Å². The van der Waals surface area contributed by atoms with Crippen molar-refractivity contribution in [3.63, 3.8) is 0 Å². The summed E-state index contributed by atoms with van der Waals surface area (Å²) < 4.78 is 16.8. The molecule has 0 radical (unpaired) electrons. The van der Waals surface area contributed by atoms with E-state index in [0.717, 1.165) is 18.4 Å². The van der Waals surface area contributed by atoms with Gasteiger partial charge in [-0.25, -0.2) is 4.79 Å². The van der Waals surface area contributed by atoms with Gasteiger partial charge in [0.1, 0.15) is 29.9 Å². The molecule has 0 aliphatic carbocycles. The molecule has 11 heteroatoms. The number of aliphatic hydroxyl groups is 1. The minimum absolute atomic E-state index is 0.0981. The number of benzene rings is 4. The van der Waals surface area contributed by atoms with Crippen LogP contribution in [0.2, 0.25) is 0 Å². The lowest BCUT2D eigenvalue weighted by atomic mass is 10.0. The average molecular weight is 722 g/mol. The number of esters is 1. The molecule has 53 heavy (non-hydrogen) atoms. The third-order valence-corrected chi connectivity index (χ3v) is 8.04. The molecule has 1 atom stereocenters. The monoisotopic (exact) mass is 721 g/mol. The van der Waals surface area contributed by atoms with Crippen LogP contribution in [0.1, 0.15) is 70.9 Å². The quantitative estimate of drug-likeness (QED) is 0.0313. The summed E-state index contributed by atoms with van der Waals surface area (Å²) in [5.41, 5.74) is 2.74. The first-order valence-corrected chi connectivity index (χ1v) is 17.7. The van der Waals surface area contributed by atoms with E-state index in [2.05, 4.69) is 29.5 Å². The van der Waals surface area contributed by atoms with Crippen LogP contribution in [0.5, 0.6) is 11.5 Å². The smallest absolute Gasteiger partial charge is 0.343 e. The van der Waals surface area contributed by atoms with Crippen LogP contribution in [0, 0.1) is 0 Å². The Morgan fingerprint density at radius 1 is 0.755 bits per heavy atom. The van der Waals surface area contributed by atoms with Crippen molar-refractivity contribution in [3.8, 4) is 11.5 Å². The van der Waals surface area contributed by atoms with E-state index in [9.17, 15) is 24.3 Å². The van der Waals surface area contributed by atoms with E-state index >= 15 is 0 Å². The predicted octanol–water partition coefficient (Wildman–Crippen LogP) is 6.94. The highest BCUT2D eigenvalue weighted by molar-refractivity contribution is 5.98. The van der Waals surface area contributed by atoms with Crippen LogP contribution in [-0.2, 0) is 27.4 Å². The Bertz CT molecular complexity index is 1780. The molecule has 0 saturated carbocycles. The Hall–Kier alpha value is -5.94. The largest absolute Gasteiger partial charge is 0.511 e. The van der Waals surface area contributed by atoms with Gasteiger partial charge in [0.15, 0.2) is 0 Å². The fourth-order valence-corrected chi connectivity index (χ4v) is 5.18. The Labute approximate surface area is 310 Å². The number of ether oxygens (including phenoxy) is 3. The molecule has 0 aliphatic rings. The highest BCUT2D eigenvalue weighted by Gasteiger charge is 2.22. The standard InChI is InChI=1S/C42H47N3O8/c1-3-4-5-6-10-25-52-36-23-17-34(18-24-36)42(50)53-37-21-13-31(14-22-37)26-38(41(49)43-27-30(2)46)45-40(48)33-15-19-35(20-16-33)44-39(47)29-51-28-32-11-8-7-9-12-32/h7-9,11-24,38,46H,2-6,10,25-29H2,1H3,(H,43,49)(H,44,47)(H,45,48)/t38-/m0/s1. The first kappa shape index (κ1) is 39.8. The fraction of sp³-hybridized carbons (Fsp3) is 0.286. The van der Waals surface area contributed by atoms with Gasteiger partial charge in [0.05, 0.1) is 25.3 Å². The molecule has 4 N–H and O–H groups in total. The molecule has 0 fully saturated rings. The molecule has 278 valence electrons. The number of carbonyl (C=O) groups is 4. The van der Waals surface area contributed by atoms with Gasteiger partial charge in [0, 0.05) is 17.7 Å². The lowest BCUT2D eigenvalue weighted by Crippen LogP contribution is -2.48. The van der Waals surface area contributed by atoms with E-state index in [0.29, 0.717) is 41.5 Å². The molecule has 0 unspecified atom stereocenters. The molecule has 3 amide bonds. The Balaban J connectivity index is 1.29.